The van der Waals surface area contributed by atoms with Gasteiger partial charge >= 0.3 is 0 Å². The zero-order valence-electron chi connectivity index (χ0n) is 10.5. The van der Waals surface area contributed by atoms with Crippen molar-refractivity contribution in [3.63, 3.8) is 0 Å². The van der Waals surface area contributed by atoms with Crippen molar-refractivity contribution in [2.75, 3.05) is 13.2 Å². The predicted octanol–water partition coefficient (Wildman–Crippen LogP) is 3.89. The number of carbonyl (C=O) groups is 1. The number of Topliss-reactive ketones (excluding diaryl/α,β-unsaturated/α-hetero) is 1. The van der Waals surface area contributed by atoms with Gasteiger partial charge in [0.25, 0.3) is 0 Å². The van der Waals surface area contributed by atoms with Crippen molar-refractivity contribution in [2.45, 2.75) is 6.42 Å². The molecule has 0 unspecified atom stereocenters. The molecule has 0 saturated heterocycles. The van der Waals surface area contributed by atoms with Gasteiger partial charge in [0.15, 0.2) is 5.78 Å². The van der Waals surface area contributed by atoms with Crippen LogP contribution in [0.4, 0.5) is 0 Å². The molecule has 2 nitrogen and oxygen atoms in total. The lowest BCUT2D eigenvalue weighted by atomic mass is 10.1. The Morgan fingerprint density at radius 3 is 2.58 bits per heavy atom. The molecule has 3 heteroatoms. The van der Waals surface area contributed by atoms with Gasteiger partial charge in [-0.05, 0) is 24.1 Å². The van der Waals surface area contributed by atoms with Crippen LogP contribution in [0.25, 0.3) is 0 Å². The van der Waals surface area contributed by atoms with E-state index in [9.17, 15) is 4.79 Å². The van der Waals surface area contributed by atoms with Gasteiger partial charge in [0.05, 0.1) is 6.61 Å². The number of rotatable bonds is 6. The lowest BCUT2D eigenvalue weighted by molar-refractivity contribution is 0.0765. The highest BCUT2D eigenvalue weighted by Crippen LogP contribution is 2.12. The second-order valence-corrected chi connectivity index (χ2v) is 5.14. The molecule has 0 radical (unpaired) electrons. The van der Waals surface area contributed by atoms with Gasteiger partial charge in [-0.15, -0.1) is 0 Å². The first-order chi connectivity index (χ1) is 9.25. The van der Waals surface area contributed by atoms with Crippen LogP contribution in [0.2, 0.25) is 0 Å². The molecule has 0 saturated carbocycles. The Hall–Kier alpha value is -1.45. The molecule has 2 rings (SSSR count). The number of hydrogen-bond donors (Lipinski definition) is 0. The van der Waals surface area contributed by atoms with Crippen LogP contribution in [-0.4, -0.2) is 19.0 Å². The molecule has 98 valence electrons. The van der Waals surface area contributed by atoms with Gasteiger partial charge in [0.1, 0.15) is 6.61 Å². The lowest BCUT2D eigenvalue weighted by Gasteiger charge is -2.04. The predicted molar refractivity (Wildman–Crippen MR) is 79.4 cm³/mol. The molecule has 0 N–H and O–H groups in total. The summed E-state index contributed by atoms with van der Waals surface area (Å²) in [7, 11) is 0. The number of ketones is 1. The second-order valence-electron chi connectivity index (χ2n) is 4.22. The third kappa shape index (κ3) is 4.62. The molecule has 0 aliphatic heterocycles. The van der Waals surface area contributed by atoms with Crippen molar-refractivity contribution < 1.29 is 9.53 Å². The molecule has 2 aromatic carbocycles. The fraction of sp³-hybridized carbons (Fsp3) is 0.188. The summed E-state index contributed by atoms with van der Waals surface area (Å²) in [4.78, 5) is 11.9. The molecule has 0 fully saturated rings. The number of halogens is 1. The van der Waals surface area contributed by atoms with Gasteiger partial charge in [-0.1, -0.05) is 58.4 Å². The van der Waals surface area contributed by atoms with Crippen LogP contribution >= 0.6 is 15.9 Å². The highest BCUT2D eigenvalue weighted by atomic mass is 79.9. The zero-order chi connectivity index (χ0) is 13.5. The van der Waals surface area contributed by atoms with Crippen molar-refractivity contribution >= 4 is 21.7 Å². The average Bonchev–Trinajstić information content (AvgIpc) is 2.44. The van der Waals surface area contributed by atoms with Crippen LogP contribution in [0.5, 0.6) is 0 Å². The van der Waals surface area contributed by atoms with Crippen molar-refractivity contribution in [3.8, 4) is 0 Å². The Bertz CT molecular complexity index is 537. The van der Waals surface area contributed by atoms with Crippen molar-refractivity contribution in [1.82, 2.24) is 0 Å². The van der Waals surface area contributed by atoms with E-state index in [1.807, 2.05) is 36.4 Å². The van der Waals surface area contributed by atoms with E-state index in [1.165, 1.54) is 5.56 Å². The Kier molecular flexibility index (Phi) is 5.31. The maximum absolute atomic E-state index is 11.9. The van der Waals surface area contributed by atoms with Crippen LogP contribution < -0.4 is 0 Å². The summed E-state index contributed by atoms with van der Waals surface area (Å²) in [5, 5.41) is 0. The van der Waals surface area contributed by atoms with E-state index in [0.29, 0.717) is 12.2 Å². The fourth-order valence-electron chi connectivity index (χ4n) is 1.74. The smallest absolute Gasteiger partial charge is 0.188 e. The van der Waals surface area contributed by atoms with E-state index in [-0.39, 0.29) is 12.4 Å². The van der Waals surface area contributed by atoms with Gasteiger partial charge in [0.2, 0.25) is 0 Å². The molecular weight excluding hydrogens is 304 g/mol. The van der Waals surface area contributed by atoms with E-state index in [2.05, 4.69) is 28.1 Å². The number of benzene rings is 2. The van der Waals surface area contributed by atoms with Crippen LogP contribution in [0.15, 0.2) is 59.1 Å². The van der Waals surface area contributed by atoms with E-state index in [4.69, 9.17) is 4.74 Å². The van der Waals surface area contributed by atoms with Gasteiger partial charge < -0.3 is 4.74 Å². The number of carbonyl (C=O) groups excluding carboxylic acids is 1. The maximum atomic E-state index is 11.9. The zero-order valence-corrected chi connectivity index (χ0v) is 12.1. The normalized spacial score (nSPS) is 10.4. The topological polar surface area (TPSA) is 26.3 Å². The van der Waals surface area contributed by atoms with Crippen molar-refractivity contribution in [3.05, 3.63) is 70.2 Å². The minimum absolute atomic E-state index is 0.00867. The minimum Gasteiger partial charge on any atom is -0.373 e. The number of hydrogen-bond acceptors (Lipinski definition) is 2. The molecule has 0 amide bonds. The summed E-state index contributed by atoms with van der Waals surface area (Å²) >= 11 is 3.35. The highest BCUT2D eigenvalue weighted by Gasteiger charge is 2.06. The Morgan fingerprint density at radius 2 is 1.84 bits per heavy atom. The largest absolute Gasteiger partial charge is 0.373 e. The third-order valence-corrected chi connectivity index (χ3v) is 3.25. The Balaban J connectivity index is 1.75. The summed E-state index contributed by atoms with van der Waals surface area (Å²) in [6, 6.07) is 17.5. The molecule has 0 aliphatic carbocycles. The van der Waals surface area contributed by atoms with E-state index < -0.39 is 0 Å². The highest BCUT2D eigenvalue weighted by molar-refractivity contribution is 9.10. The first kappa shape index (κ1) is 14.0. The maximum Gasteiger partial charge on any atom is 0.188 e. The van der Waals surface area contributed by atoms with Gasteiger partial charge in [-0.2, -0.15) is 0 Å². The van der Waals surface area contributed by atoms with Gasteiger partial charge in [0, 0.05) is 10.0 Å². The molecule has 0 bridgehead atoms. The summed E-state index contributed by atoms with van der Waals surface area (Å²) in [6.45, 7) is 0.688. The first-order valence-electron chi connectivity index (χ1n) is 6.16. The van der Waals surface area contributed by atoms with E-state index in [0.717, 1.165) is 10.9 Å². The molecule has 19 heavy (non-hydrogen) atoms. The fourth-order valence-corrected chi connectivity index (χ4v) is 2.14. The third-order valence-electron chi connectivity index (χ3n) is 2.76. The lowest BCUT2D eigenvalue weighted by Crippen LogP contribution is -2.10. The molecule has 0 spiro atoms. The average molecular weight is 319 g/mol. The number of ether oxygens (including phenoxy) is 1. The molecule has 0 aromatic heterocycles. The molecule has 0 atom stereocenters. The van der Waals surface area contributed by atoms with Crippen LogP contribution in [-0.2, 0) is 11.2 Å². The molecule has 0 heterocycles. The standard InChI is InChI=1S/C16H15BrO2/c17-15-8-4-7-14(11-15)16(18)12-19-10-9-13-5-2-1-3-6-13/h1-8,11H,9-10,12H2. The monoisotopic (exact) mass is 318 g/mol. The molecular formula is C16H15BrO2. The van der Waals surface area contributed by atoms with Crippen molar-refractivity contribution in [1.29, 1.82) is 0 Å². The quantitative estimate of drug-likeness (QED) is 0.596. The van der Waals surface area contributed by atoms with Crippen LogP contribution in [0, 0.1) is 0 Å². The van der Waals surface area contributed by atoms with Gasteiger partial charge in [-0.25, -0.2) is 0 Å². The van der Waals surface area contributed by atoms with Crippen LogP contribution in [0.1, 0.15) is 15.9 Å². The summed E-state index contributed by atoms with van der Waals surface area (Å²) < 4.78 is 6.33. The minimum atomic E-state index is 0.00867. The van der Waals surface area contributed by atoms with E-state index in [1.54, 1.807) is 6.07 Å². The SMILES string of the molecule is O=C(COCCc1ccccc1)c1cccc(Br)c1. The Labute approximate surface area is 121 Å². The van der Waals surface area contributed by atoms with Crippen molar-refractivity contribution in [2.24, 2.45) is 0 Å². The summed E-state index contributed by atoms with van der Waals surface area (Å²) in [6.07, 6.45) is 0.826. The van der Waals surface area contributed by atoms with E-state index >= 15 is 0 Å². The van der Waals surface area contributed by atoms with Crippen LogP contribution in [0.3, 0.4) is 0 Å². The molecule has 2 aromatic rings. The summed E-state index contributed by atoms with van der Waals surface area (Å²) in [5.74, 6) is 0.00867. The first-order valence-corrected chi connectivity index (χ1v) is 6.95. The van der Waals surface area contributed by atoms with Gasteiger partial charge in [-0.3, -0.25) is 4.79 Å². The second kappa shape index (κ2) is 7.22. The summed E-state index contributed by atoms with van der Waals surface area (Å²) in [5.41, 5.74) is 1.89. The Morgan fingerprint density at radius 1 is 1.05 bits per heavy atom. The molecule has 0 aliphatic rings.